The fraction of sp³-hybridized carbons (Fsp3) is 0.500. The molecular formula is C12H16BrNO. The molecule has 0 radical (unpaired) electrons. The summed E-state index contributed by atoms with van der Waals surface area (Å²) in [6.45, 7) is 2.20. The van der Waals surface area contributed by atoms with Crippen molar-refractivity contribution in [2.24, 2.45) is 0 Å². The van der Waals surface area contributed by atoms with Crippen molar-refractivity contribution in [1.82, 2.24) is 5.32 Å². The van der Waals surface area contributed by atoms with E-state index in [0.29, 0.717) is 6.04 Å². The third-order valence-corrected chi connectivity index (χ3v) is 3.72. The zero-order valence-electron chi connectivity index (χ0n) is 8.83. The smallest absolute Gasteiger partial charge is 0.0582 e. The van der Waals surface area contributed by atoms with Gasteiger partial charge in [0.2, 0.25) is 0 Å². The number of halogens is 1. The van der Waals surface area contributed by atoms with E-state index < -0.39 is 0 Å². The van der Waals surface area contributed by atoms with Crippen molar-refractivity contribution in [1.29, 1.82) is 0 Å². The normalized spacial score (nSPS) is 21.4. The Morgan fingerprint density at radius 2 is 2.40 bits per heavy atom. The maximum atomic E-state index is 9.03. The van der Waals surface area contributed by atoms with E-state index in [-0.39, 0.29) is 12.6 Å². The lowest BCUT2D eigenvalue weighted by Crippen LogP contribution is -2.32. The van der Waals surface area contributed by atoms with Gasteiger partial charge in [-0.2, -0.15) is 0 Å². The van der Waals surface area contributed by atoms with Crippen molar-refractivity contribution in [2.75, 3.05) is 6.61 Å². The summed E-state index contributed by atoms with van der Waals surface area (Å²) in [6.07, 6.45) is 2.24. The molecule has 1 aromatic carbocycles. The number of hydrogen-bond acceptors (Lipinski definition) is 2. The van der Waals surface area contributed by atoms with Crippen LogP contribution in [0.5, 0.6) is 0 Å². The first-order valence-corrected chi connectivity index (χ1v) is 6.16. The van der Waals surface area contributed by atoms with Gasteiger partial charge < -0.3 is 10.4 Å². The summed E-state index contributed by atoms with van der Waals surface area (Å²) >= 11 is 3.58. The molecule has 2 rings (SSSR count). The minimum absolute atomic E-state index is 0.167. The summed E-state index contributed by atoms with van der Waals surface area (Å²) in [7, 11) is 0. The van der Waals surface area contributed by atoms with Crippen LogP contribution in [-0.2, 0) is 6.42 Å². The molecule has 0 fully saturated rings. The predicted molar refractivity (Wildman–Crippen MR) is 64.9 cm³/mol. The van der Waals surface area contributed by atoms with Crippen molar-refractivity contribution in [3.63, 3.8) is 0 Å². The van der Waals surface area contributed by atoms with Gasteiger partial charge in [-0.15, -0.1) is 0 Å². The van der Waals surface area contributed by atoms with Crippen molar-refractivity contribution in [3.8, 4) is 0 Å². The van der Waals surface area contributed by atoms with E-state index in [1.807, 2.05) is 6.92 Å². The molecule has 0 aliphatic heterocycles. The second-order valence-electron chi connectivity index (χ2n) is 4.15. The van der Waals surface area contributed by atoms with Crippen LogP contribution in [-0.4, -0.2) is 17.8 Å². The summed E-state index contributed by atoms with van der Waals surface area (Å²) in [5.41, 5.74) is 2.80. The van der Waals surface area contributed by atoms with Crippen molar-refractivity contribution in [3.05, 3.63) is 33.8 Å². The lowest BCUT2D eigenvalue weighted by molar-refractivity contribution is 0.240. The summed E-state index contributed by atoms with van der Waals surface area (Å²) in [5.74, 6) is 0. The second-order valence-corrected chi connectivity index (χ2v) is 5.00. The molecule has 15 heavy (non-hydrogen) atoms. The van der Waals surface area contributed by atoms with E-state index in [1.54, 1.807) is 0 Å². The lowest BCUT2D eigenvalue weighted by Gasteiger charge is -2.18. The van der Waals surface area contributed by atoms with Crippen LogP contribution in [0, 0.1) is 0 Å². The molecular weight excluding hydrogens is 254 g/mol. The summed E-state index contributed by atoms with van der Waals surface area (Å²) in [6, 6.07) is 6.91. The van der Waals surface area contributed by atoms with Crippen LogP contribution in [0.15, 0.2) is 22.7 Å². The number of rotatable bonds is 3. The molecule has 82 valence electrons. The minimum atomic E-state index is 0.167. The Morgan fingerprint density at radius 3 is 3.13 bits per heavy atom. The van der Waals surface area contributed by atoms with Crippen molar-refractivity contribution < 1.29 is 5.11 Å². The van der Waals surface area contributed by atoms with Crippen LogP contribution in [0.4, 0.5) is 0 Å². The molecule has 2 nitrogen and oxygen atoms in total. The molecule has 2 N–H and O–H groups in total. The Bertz CT molecular complexity index is 353. The predicted octanol–water partition coefficient (Wildman–Crippen LogP) is 2.41. The average molecular weight is 270 g/mol. The van der Waals surface area contributed by atoms with E-state index in [9.17, 15) is 0 Å². The van der Waals surface area contributed by atoms with E-state index >= 15 is 0 Å². The molecule has 0 spiro atoms. The van der Waals surface area contributed by atoms with Crippen LogP contribution in [0.3, 0.4) is 0 Å². The number of nitrogens with one attached hydrogen (secondary N) is 1. The Labute approximate surface area is 98.8 Å². The Kier molecular flexibility index (Phi) is 3.44. The molecule has 0 bridgehead atoms. The molecule has 2 atom stereocenters. The summed E-state index contributed by atoms with van der Waals surface area (Å²) < 4.78 is 1.21. The average Bonchev–Trinajstić information content (AvgIpc) is 2.63. The first-order valence-electron chi connectivity index (χ1n) is 5.36. The molecule has 0 saturated carbocycles. The second kappa shape index (κ2) is 4.64. The largest absolute Gasteiger partial charge is 0.395 e. The van der Waals surface area contributed by atoms with Gasteiger partial charge in [0, 0.05) is 16.6 Å². The van der Waals surface area contributed by atoms with Crippen LogP contribution >= 0.6 is 15.9 Å². The Balaban J connectivity index is 2.18. The Hall–Kier alpha value is -0.380. The molecule has 3 heteroatoms. The zero-order valence-corrected chi connectivity index (χ0v) is 10.4. The maximum absolute atomic E-state index is 9.03. The van der Waals surface area contributed by atoms with Gasteiger partial charge in [0.1, 0.15) is 0 Å². The van der Waals surface area contributed by atoms with Crippen LogP contribution < -0.4 is 5.32 Å². The molecule has 1 aliphatic rings. The number of benzene rings is 1. The van der Waals surface area contributed by atoms with Crippen molar-refractivity contribution in [2.45, 2.75) is 31.8 Å². The molecule has 0 amide bonds. The highest BCUT2D eigenvalue weighted by atomic mass is 79.9. The number of aliphatic hydroxyl groups is 1. The highest BCUT2D eigenvalue weighted by Crippen LogP contribution is 2.35. The van der Waals surface area contributed by atoms with Gasteiger partial charge in [-0.05, 0) is 37.0 Å². The van der Waals surface area contributed by atoms with Gasteiger partial charge in [-0.3, -0.25) is 0 Å². The molecule has 0 heterocycles. The summed E-state index contributed by atoms with van der Waals surface area (Å²) in [5, 5.41) is 12.5. The minimum Gasteiger partial charge on any atom is -0.395 e. The highest BCUT2D eigenvalue weighted by Gasteiger charge is 2.24. The van der Waals surface area contributed by atoms with Gasteiger partial charge in [0.25, 0.3) is 0 Å². The van der Waals surface area contributed by atoms with Crippen molar-refractivity contribution >= 4 is 15.9 Å². The SMILES string of the molecule is C[C@H](CO)NC1CCc2c(Br)cccc21. The van der Waals surface area contributed by atoms with E-state index in [2.05, 4.69) is 39.4 Å². The van der Waals surface area contributed by atoms with Crippen LogP contribution in [0.1, 0.15) is 30.5 Å². The first kappa shape index (κ1) is 11.1. The summed E-state index contributed by atoms with van der Waals surface area (Å²) in [4.78, 5) is 0. The Morgan fingerprint density at radius 1 is 1.60 bits per heavy atom. The number of fused-ring (bicyclic) bond motifs is 1. The standard InChI is InChI=1S/C12H16BrNO/c1-8(7-15)14-12-6-5-9-10(12)3-2-4-11(9)13/h2-4,8,12,14-15H,5-7H2,1H3/t8-,12?/m1/s1. The van der Waals surface area contributed by atoms with Gasteiger partial charge in [-0.1, -0.05) is 28.1 Å². The maximum Gasteiger partial charge on any atom is 0.0582 e. The number of aliphatic hydroxyl groups excluding tert-OH is 1. The highest BCUT2D eigenvalue weighted by molar-refractivity contribution is 9.10. The van der Waals surface area contributed by atoms with E-state index in [4.69, 9.17) is 5.11 Å². The van der Waals surface area contributed by atoms with Gasteiger partial charge in [0.05, 0.1) is 6.61 Å². The fourth-order valence-electron chi connectivity index (χ4n) is 2.18. The molecule has 1 aliphatic carbocycles. The molecule has 0 aromatic heterocycles. The monoisotopic (exact) mass is 269 g/mol. The van der Waals surface area contributed by atoms with Crippen LogP contribution in [0.2, 0.25) is 0 Å². The lowest BCUT2D eigenvalue weighted by atomic mass is 10.1. The third-order valence-electron chi connectivity index (χ3n) is 2.97. The van der Waals surface area contributed by atoms with E-state index in [1.165, 1.54) is 15.6 Å². The zero-order chi connectivity index (χ0) is 10.8. The fourth-order valence-corrected chi connectivity index (χ4v) is 2.76. The van der Waals surface area contributed by atoms with Gasteiger partial charge >= 0.3 is 0 Å². The third kappa shape index (κ3) is 2.25. The first-order chi connectivity index (χ1) is 7.22. The van der Waals surface area contributed by atoms with E-state index in [0.717, 1.165) is 12.8 Å². The van der Waals surface area contributed by atoms with Gasteiger partial charge in [-0.25, -0.2) is 0 Å². The van der Waals surface area contributed by atoms with Crippen LogP contribution in [0.25, 0.3) is 0 Å². The molecule has 0 saturated heterocycles. The molecule has 1 aromatic rings. The molecule has 1 unspecified atom stereocenters. The topological polar surface area (TPSA) is 32.3 Å². The van der Waals surface area contributed by atoms with Gasteiger partial charge in [0.15, 0.2) is 0 Å². The number of hydrogen-bond donors (Lipinski definition) is 2. The quantitative estimate of drug-likeness (QED) is 0.884.